The summed E-state index contributed by atoms with van der Waals surface area (Å²) in [7, 11) is 3.15. The zero-order valence-electron chi connectivity index (χ0n) is 16.5. The maximum atomic E-state index is 13.4. The Morgan fingerprint density at radius 2 is 1.93 bits per heavy atom. The van der Waals surface area contributed by atoms with Gasteiger partial charge in [0.2, 0.25) is 11.6 Å². The summed E-state index contributed by atoms with van der Waals surface area (Å²) in [6.07, 6.45) is 2.55. The molecular formula is C21H20N4O5. The number of hydrogen-bond acceptors (Lipinski definition) is 9. The van der Waals surface area contributed by atoms with Crippen LogP contribution < -0.4 is 20.1 Å². The molecule has 0 bridgehead atoms. The van der Waals surface area contributed by atoms with Crippen LogP contribution >= 0.6 is 0 Å². The van der Waals surface area contributed by atoms with Gasteiger partial charge < -0.3 is 24.5 Å². The van der Waals surface area contributed by atoms with E-state index in [1.165, 1.54) is 0 Å². The molecule has 9 nitrogen and oxygen atoms in total. The second-order valence-electron chi connectivity index (χ2n) is 7.18. The molecule has 1 aliphatic carbocycles. The number of carbonyl (C=O) groups excluding carboxylic acids is 1. The Balaban J connectivity index is 1.65. The Morgan fingerprint density at radius 1 is 1.07 bits per heavy atom. The van der Waals surface area contributed by atoms with Crippen molar-refractivity contribution in [3.05, 3.63) is 59.2 Å². The number of nitrogens with one attached hydrogen (secondary N) is 2. The number of furan rings is 1. The third-order valence-corrected chi connectivity index (χ3v) is 5.53. The predicted octanol–water partition coefficient (Wildman–Crippen LogP) is 3.66. The van der Waals surface area contributed by atoms with E-state index < -0.39 is 6.04 Å². The number of nitrogens with zero attached hydrogens (tertiary/aromatic N) is 2. The highest BCUT2D eigenvalue weighted by Crippen LogP contribution is 2.46. The third-order valence-electron chi connectivity index (χ3n) is 5.53. The van der Waals surface area contributed by atoms with Gasteiger partial charge in [-0.25, -0.2) is 4.63 Å². The minimum Gasteiger partial charge on any atom is -0.493 e. The van der Waals surface area contributed by atoms with Gasteiger partial charge in [0, 0.05) is 29.2 Å². The molecule has 0 saturated heterocycles. The topological polar surface area (TPSA) is 112 Å². The SMILES string of the molecule is COc1cccc(C2Nc3nonc3NC3=C2C(=O)CC(c2ccco2)C3)c1OC. The molecule has 2 unspecified atom stereocenters. The number of ketones is 1. The lowest BCUT2D eigenvalue weighted by Gasteiger charge is -2.29. The maximum Gasteiger partial charge on any atom is 0.219 e. The van der Waals surface area contributed by atoms with Crippen molar-refractivity contribution in [1.82, 2.24) is 10.3 Å². The van der Waals surface area contributed by atoms with E-state index in [0.717, 1.165) is 17.0 Å². The average molecular weight is 408 g/mol. The van der Waals surface area contributed by atoms with Gasteiger partial charge in [0.25, 0.3) is 0 Å². The fourth-order valence-corrected chi connectivity index (χ4v) is 4.20. The molecule has 1 aliphatic heterocycles. The number of ether oxygens (including phenoxy) is 2. The van der Waals surface area contributed by atoms with Gasteiger partial charge in [0.15, 0.2) is 17.3 Å². The van der Waals surface area contributed by atoms with Crippen molar-refractivity contribution in [2.24, 2.45) is 0 Å². The Hall–Kier alpha value is -3.75. The summed E-state index contributed by atoms with van der Waals surface area (Å²) in [6.45, 7) is 0. The molecule has 0 fully saturated rings. The van der Waals surface area contributed by atoms with E-state index in [1.54, 1.807) is 20.5 Å². The van der Waals surface area contributed by atoms with Crippen LogP contribution in [0.5, 0.6) is 11.5 Å². The Kier molecular flexibility index (Phi) is 4.42. The van der Waals surface area contributed by atoms with E-state index in [0.29, 0.717) is 41.5 Å². The molecule has 2 aromatic heterocycles. The van der Waals surface area contributed by atoms with E-state index in [4.69, 9.17) is 18.5 Å². The van der Waals surface area contributed by atoms with Crippen LogP contribution in [-0.4, -0.2) is 30.3 Å². The van der Waals surface area contributed by atoms with Crippen molar-refractivity contribution in [3.63, 3.8) is 0 Å². The molecule has 2 N–H and O–H groups in total. The fourth-order valence-electron chi connectivity index (χ4n) is 4.20. The Morgan fingerprint density at radius 3 is 2.70 bits per heavy atom. The largest absolute Gasteiger partial charge is 0.493 e. The number of benzene rings is 1. The second-order valence-corrected chi connectivity index (χ2v) is 7.18. The van der Waals surface area contributed by atoms with Crippen LogP contribution in [0, 0.1) is 0 Å². The lowest BCUT2D eigenvalue weighted by Crippen LogP contribution is -2.27. The van der Waals surface area contributed by atoms with Crippen molar-refractivity contribution < 1.29 is 23.3 Å². The minimum atomic E-state index is -0.518. The first-order chi connectivity index (χ1) is 14.7. The average Bonchev–Trinajstić information content (AvgIpc) is 3.42. The summed E-state index contributed by atoms with van der Waals surface area (Å²) in [5.74, 6) is 2.70. The zero-order valence-corrected chi connectivity index (χ0v) is 16.5. The lowest BCUT2D eigenvalue weighted by molar-refractivity contribution is -0.116. The summed E-state index contributed by atoms with van der Waals surface area (Å²) >= 11 is 0. The van der Waals surface area contributed by atoms with Gasteiger partial charge in [-0.2, -0.15) is 0 Å². The predicted molar refractivity (Wildman–Crippen MR) is 107 cm³/mol. The molecule has 0 spiro atoms. The van der Waals surface area contributed by atoms with E-state index in [-0.39, 0.29) is 11.7 Å². The van der Waals surface area contributed by atoms with E-state index in [1.807, 2.05) is 30.3 Å². The van der Waals surface area contributed by atoms with Crippen molar-refractivity contribution in [2.45, 2.75) is 24.8 Å². The van der Waals surface area contributed by atoms with E-state index >= 15 is 0 Å². The Bertz CT molecular complexity index is 1120. The van der Waals surface area contributed by atoms with Crippen molar-refractivity contribution in [3.8, 4) is 11.5 Å². The summed E-state index contributed by atoms with van der Waals surface area (Å²) in [4.78, 5) is 13.4. The highest BCUT2D eigenvalue weighted by molar-refractivity contribution is 6.01. The molecule has 3 aromatic rings. The van der Waals surface area contributed by atoms with E-state index in [9.17, 15) is 4.79 Å². The van der Waals surface area contributed by atoms with Gasteiger partial charge in [0.1, 0.15) is 5.76 Å². The summed E-state index contributed by atoms with van der Waals surface area (Å²) in [6, 6.07) is 8.77. The monoisotopic (exact) mass is 408 g/mol. The number of hydrogen-bond donors (Lipinski definition) is 2. The molecule has 0 amide bonds. The molecule has 2 atom stereocenters. The quantitative estimate of drug-likeness (QED) is 0.668. The first-order valence-electron chi connectivity index (χ1n) is 9.56. The van der Waals surface area contributed by atoms with Gasteiger partial charge >= 0.3 is 0 Å². The van der Waals surface area contributed by atoms with Crippen LogP contribution in [0.25, 0.3) is 0 Å². The van der Waals surface area contributed by atoms with Gasteiger partial charge in [-0.15, -0.1) is 0 Å². The van der Waals surface area contributed by atoms with Crippen LogP contribution in [0.3, 0.4) is 0 Å². The third kappa shape index (κ3) is 2.90. The molecule has 3 heterocycles. The summed E-state index contributed by atoms with van der Waals surface area (Å²) in [5, 5.41) is 14.4. The molecule has 154 valence electrons. The number of methoxy groups -OCH3 is 2. The number of allylic oxidation sites excluding steroid dienone is 1. The smallest absolute Gasteiger partial charge is 0.219 e. The van der Waals surface area contributed by atoms with Gasteiger partial charge in [-0.1, -0.05) is 12.1 Å². The molecular weight excluding hydrogens is 388 g/mol. The molecule has 2 aliphatic rings. The van der Waals surface area contributed by atoms with Crippen LogP contribution in [0.15, 0.2) is 56.9 Å². The molecule has 9 heteroatoms. The van der Waals surface area contributed by atoms with Gasteiger partial charge in [0.05, 0.1) is 26.5 Å². The Labute approximate surface area is 172 Å². The normalized spacial score (nSPS) is 20.5. The van der Waals surface area contributed by atoms with Crippen LogP contribution in [-0.2, 0) is 4.79 Å². The number of fused-ring (bicyclic) bond motifs is 1. The summed E-state index contributed by atoms with van der Waals surface area (Å²) in [5.41, 5.74) is 2.13. The maximum absolute atomic E-state index is 13.4. The van der Waals surface area contributed by atoms with Crippen LogP contribution in [0.2, 0.25) is 0 Å². The number of Topliss-reactive ketones (excluding diaryl/α,β-unsaturated/α-hetero) is 1. The first kappa shape index (κ1) is 18.3. The number of carbonyl (C=O) groups is 1. The number of anilines is 2. The molecule has 0 saturated carbocycles. The fraction of sp³-hybridized carbons (Fsp3) is 0.286. The van der Waals surface area contributed by atoms with Crippen molar-refractivity contribution in [1.29, 1.82) is 0 Å². The standard InChI is InChI=1S/C21H20N4O5/c1-27-16-6-3-5-12(19(16)28-2)18-17-13(22-20-21(23-18)25-30-24-20)9-11(10-14(17)26)15-7-4-8-29-15/h3-8,11,18H,9-10H2,1-2H3,(H,22,24)(H,23,25). The van der Waals surface area contributed by atoms with Crippen LogP contribution in [0.4, 0.5) is 11.6 Å². The van der Waals surface area contributed by atoms with Crippen molar-refractivity contribution >= 4 is 17.4 Å². The highest BCUT2D eigenvalue weighted by Gasteiger charge is 2.39. The molecule has 5 rings (SSSR count). The summed E-state index contributed by atoms with van der Waals surface area (Å²) < 4.78 is 21.6. The highest BCUT2D eigenvalue weighted by atomic mass is 16.6. The van der Waals surface area contributed by atoms with Gasteiger partial charge in [-0.05, 0) is 34.9 Å². The molecule has 30 heavy (non-hydrogen) atoms. The number of aromatic nitrogens is 2. The second kappa shape index (κ2) is 7.25. The van der Waals surface area contributed by atoms with Crippen molar-refractivity contribution in [2.75, 3.05) is 24.9 Å². The lowest BCUT2D eigenvalue weighted by atomic mass is 9.80. The number of rotatable bonds is 4. The number of para-hydroxylation sites is 1. The minimum absolute atomic E-state index is 0.00890. The first-order valence-corrected chi connectivity index (χ1v) is 9.56. The zero-order chi connectivity index (χ0) is 20.7. The molecule has 0 radical (unpaired) electrons. The van der Waals surface area contributed by atoms with Crippen LogP contribution in [0.1, 0.15) is 36.1 Å². The van der Waals surface area contributed by atoms with E-state index in [2.05, 4.69) is 20.9 Å². The van der Waals surface area contributed by atoms with Gasteiger partial charge in [-0.3, -0.25) is 4.79 Å². The molecule has 1 aromatic carbocycles.